The fourth-order valence-electron chi connectivity index (χ4n) is 2.69. The summed E-state index contributed by atoms with van der Waals surface area (Å²) in [5, 5.41) is 0. The molecular weight excluding hydrogens is 170 g/mol. The molecule has 2 unspecified atom stereocenters. The molecule has 2 atom stereocenters. The molecule has 0 spiro atoms. The predicted molar refractivity (Wildman–Crippen MR) is 50.9 cm³/mol. The van der Waals surface area contributed by atoms with Crippen molar-refractivity contribution in [1.82, 2.24) is 0 Å². The van der Waals surface area contributed by atoms with Crippen molar-refractivity contribution in [2.24, 2.45) is 17.3 Å². The summed E-state index contributed by atoms with van der Waals surface area (Å²) in [4.78, 5) is 0. The second kappa shape index (κ2) is 3.21. The van der Waals surface area contributed by atoms with E-state index in [4.69, 9.17) is 0 Å². The van der Waals surface area contributed by atoms with Crippen LogP contribution in [0.5, 0.6) is 0 Å². The SMILES string of the molecule is CC1CC(C)C(F)(F)CC(C)(C)C1. The van der Waals surface area contributed by atoms with Crippen LogP contribution in [0, 0.1) is 17.3 Å². The summed E-state index contributed by atoms with van der Waals surface area (Å²) < 4.78 is 27.1. The molecule has 0 amide bonds. The van der Waals surface area contributed by atoms with E-state index in [-0.39, 0.29) is 11.8 Å². The maximum atomic E-state index is 13.5. The lowest BCUT2D eigenvalue weighted by atomic mass is 9.81. The van der Waals surface area contributed by atoms with Crippen LogP contribution in [0.2, 0.25) is 0 Å². The molecule has 0 aromatic heterocycles. The van der Waals surface area contributed by atoms with Crippen LogP contribution in [0.1, 0.15) is 47.0 Å². The molecule has 0 aromatic carbocycles. The molecule has 1 fully saturated rings. The zero-order valence-corrected chi connectivity index (χ0v) is 9.03. The summed E-state index contributed by atoms with van der Waals surface area (Å²) in [6.45, 7) is 7.67. The van der Waals surface area contributed by atoms with Gasteiger partial charge >= 0.3 is 0 Å². The van der Waals surface area contributed by atoms with Gasteiger partial charge in [0.25, 0.3) is 5.92 Å². The Morgan fingerprint density at radius 3 is 2.23 bits per heavy atom. The molecule has 0 radical (unpaired) electrons. The first-order chi connectivity index (χ1) is 5.73. The second-order valence-electron chi connectivity index (χ2n) is 5.55. The fraction of sp³-hybridized carbons (Fsp3) is 1.00. The highest BCUT2D eigenvalue weighted by molar-refractivity contribution is 4.88. The topological polar surface area (TPSA) is 0 Å². The Morgan fingerprint density at radius 2 is 1.69 bits per heavy atom. The van der Waals surface area contributed by atoms with Crippen LogP contribution < -0.4 is 0 Å². The highest BCUT2D eigenvalue weighted by Gasteiger charge is 2.45. The Balaban J connectivity index is 2.82. The van der Waals surface area contributed by atoms with Gasteiger partial charge in [-0.2, -0.15) is 0 Å². The van der Waals surface area contributed by atoms with Gasteiger partial charge in [-0.15, -0.1) is 0 Å². The normalized spacial score (nSPS) is 38.3. The van der Waals surface area contributed by atoms with Gasteiger partial charge in [0.05, 0.1) is 0 Å². The van der Waals surface area contributed by atoms with Gasteiger partial charge in [0, 0.05) is 12.3 Å². The Bertz CT molecular complexity index is 185. The number of alkyl halides is 2. The molecule has 0 bridgehead atoms. The van der Waals surface area contributed by atoms with Gasteiger partial charge in [-0.25, -0.2) is 8.78 Å². The lowest BCUT2D eigenvalue weighted by molar-refractivity contribution is -0.0767. The average Bonchev–Trinajstić information content (AvgIpc) is 1.85. The van der Waals surface area contributed by atoms with Crippen LogP contribution >= 0.6 is 0 Å². The summed E-state index contributed by atoms with van der Waals surface area (Å²) >= 11 is 0. The zero-order chi connectivity index (χ0) is 10.3. The third-order valence-corrected chi connectivity index (χ3v) is 3.09. The maximum absolute atomic E-state index is 13.5. The quantitative estimate of drug-likeness (QED) is 0.504. The van der Waals surface area contributed by atoms with E-state index in [1.54, 1.807) is 6.92 Å². The smallest absolute Gasteiger partial charge is 0.207 e. The van der Waals surface area contributed by atoms with Crippen molar-refractivity contribution in [3.8, 4) is 0 Å². The van der Waals surface area contributed by atoms with E-state index < -0.39 is 11.8 Å². The third kappa shape index (κ3) is 2.65. The lowest BCUT2D eigenvalue weighted by Gasteiger charge is -2.28. The molecule has 1 saturated carbocycles. The number of hydrogen-bond donors (Lipinski definition) is 0. The van der Waals surface area contributed by atoms with Gasteiger partial charge in [0.2, 0.25) is 0 Å². The molecule has 0 heterocycles. The molecule has 0 N–H and O–H groups in total. The van der Waals surface area contributed by atoms with E-state index in [0.717, 1.165) is 6.42 Å². The summed E-state index contributed by atoms with van der Waals surface area (Å²) in [5.41, 5.74) is -0.201. The van der Waals surface area contributed by atoms with Gasteiger partial charge in [0.1, 0.15) is 0 Å². The van der Waals surface area contributed by atoms with Gasteiger partial charge in [0.15, 0.2) is 0 Å². The molecule has 0 aromatic rings. The number of rotatable bonds is 0. The number of hydrogen-bond acceptors (Lipinski definition) is 0. The Morgan fingerprint density at radius 1 is 1.15 bits per heavy atom. The molecular formula is C11H20F2. The Kier molecular flexibility index (Phi) is 2.70. The molecule has 0 nitrogen and oxygen atoms in total. The van der Waals surface area contributed by atoms with Crippen LogP contribution in [-0.2, 0) is 0 Å². The number of halogens is 2. The molecule has 1 aliphatic rings. The van der Waals surface area contributed by atoms with Crippen molar-refractivity contribution in [3.63, 3.8) is 0 Å². The monoisotopic (exact) mass is 190 g/mol. The Labute approximate surface area is 79.7 Å². The third-order valence-electron chi connectivity index (χ3n) is 3.09. The van der Waals surface area contributed by atoms with E-state index in [1.165, 1.54) is 0 Å². The van der Waals surface area contributed by atoms with Crippen molar-refractivity contribution in [1.29, 1.82) is 0 Å². The maximum Gasteiger partial charge on any atom is 0.251 e. The molecule has 78 valence electrons. The van der Waals surface area contributed by atoms with E-state index in [9.17, 15) is 8.78 Å². The minimum Gasteiger partial charge on any atom is -0.207 e. The Hall–Kier alpha value is -0.140. The van der Waals surface area contributed by atoms with E-state index in [2.05, 4.69) is 6.92 Å². The van der Waals surface area contributed by atoms with Gasteiger partial charge in [-0.05, 0) is 24.2 Å². The van der Waals surface area contributed by atoms with Gasteiger partial charge in [-0.3, -0.25) is 0 Å². The zero-order valence-electron chi connectivity index (χ0n) is 9.03. The van der Waals surface area contributed by atoms with E-state index >= 15 is 0 Å². The van der Waals surface area contributed by atoms with Crippen molar-refractivity contribution < 1.29 is 8.78 Å². The van der Waals surface area contributed by atoms with Crippen molar-refractivity contribution in [2.45, 2.75) is 52.9 Å². The highest BCUT2D eigenvalue weighted by atomic mass is 19.3. The first-order valence-corrected chi connectivity index (χ1v) is 5.11. The summed E-state index contributed by atoms with van der Waals surface area (Å²) in [7, 11) is 0. The van der Waals surface area contributed by atoms with E-state index in [1.807, 2.05) is 13.8 Å². The van der Waals surface area contributed by atoms with Gasteiger partial charge < -0.3 is 0 Å². The minimum absolute atomic E-state index is 0.0471. The van der Waals surface area contributed by atoms with Crippen LogP contribution in [0.15, 0.2) is 0 Å². The predicted octanol–water partition coefficient (Wildman–Crippen LogP) is 4.10. The van der Waals surface area contributed by atoms with Crippen molar-refractivity contribution in [2.75, 3.05) is 0 Å². The van der Waals surface area contributed by atoms with Crippen LogP contribution in [-0.4, -0.2) is 5.92 Å². The highest BCUT2D eigenvalue weighted by Crippen LogP contribution is 2.46. The summed E-state index contributed by atoms with van der Waals surface area (Å²) in [6, 6.07) is 0. The fourth-order valence-corrected chi connectivity index (χ4v) is 2.69. The van der Waals surface area contributed by atoms with Crippen LogP contribution in [0.3, 0.4) is 0 Å². The first-order valence-electron chi connectivity index (χ1n) is 5.11. The first kappa shape index (κ1) is 10.9. The standard InChI is InChI=1S/C11H20F2/c1-8-5-9(2)11(12,13)7-10(3,4)6-8/h8-9H,5-7H2,1-4H3. The van der Waals surface area contributed by atoms with Crippen LogP contribution in [0.25, 0.3) is 0 Å². The summed E-state index contributed by atoms with van der Waals surface area (Å²) in [6.07, 6.45) is 1.63. The molecule has 1 aliphatic carbocycles. The lowest BCUT2D eigenvalue weighted by Crippen LogP contribution is -2.29. The van der Waals surface area contributed by atoms with Crippen LogP contribution in [0.4, 0.5) is 8.78 Å². The molecule has 0 aliphatic heterocycles. The van der Waals surface area contributed by atoms with Crippen molar-refractivity contribution in [3.05, 3.63) is 0 Å². The second-order valence-corrected chi connectivity index (χ2v) is 5.55. The summed E-state index contributed by atoms with van der Waals surface area (Å²) in [5.74, 6) is -2.49. The molecule has 13 heavy (non-hydrogen) atoms. The van der Waals surface area contributed by atoms with Crippen molar-refractivity contribution >= 4 is 0 Å². The van der Waals surface area contributed by atoms with Gasteiger partial charge in [-0.1, -0.05) is 27.7 Å². The largest absolute Gasteiger partial charge is 0.251 e. The molecule has 1 rings (SSSR count). The van der Waals surface area contributed by atoms with E-state index in [0.29, 0.717) is 12.3 Å². The molecule has 0 saturated heterocycles. The average molecular weight is 190 g/mol. The molecule has 2 heteroatoms. The minimum atomic E-state index is -2.46.